The molecule has 0 amide bonds. The summed E-state index contributed by atoms with van der Waals surface area (Å²) in [5, 5.41) is 0. The average molecular weight is 320 g/mol. The second kappa shape index (κ2) is 5.97. The molecule has 3 atom stereocenters. The summed E-state index contributed by atoms with van der Waals surface area (Å²) in [7, 11) is 1.78. The molecule has 0 radical (unpaired) electrons. The van der Waals surface area contributed by atoms with Gasteiger partial charge in [-0.3, -0.25) is 0 Å². The Morgan fingerprint density at radius 2 is 2.13 bits per heavy atom. The van der Waals surface area contributed by atoms with E-state index in [4.69, 9.17) is 14.2 Å². The lowest BCUT2D eigenvalue weighted by Crippen LogP contribution is -2.39. The van der Waals surface area contributed by atoms with Gasteiger partial charge in [-0.15, -0.1) is 6.58 Å². The van der Waals surface area contributed by atoms with E-state index in [1.54, 1.807) is 7.11 Å². The van der Waals surface area contributed by atoms with E-state index >= 15 is 0 Å². The van der Waals surface area contributed by atoms with Crippen molar-refractivity contribution >= 4 is 5.97 Å². The first-order valence-electron chi connectivity index (χ1n) is 8.73. The number of hydrogen-bond acceptors (Lipinski definition) is 4. The predicted molar refractivity (Wildman–Crippen MR) is 87.5 cm³/mol. The molecule has 2 aliphatic carbocycles. The normalized spacial score (nSPS) is 34.7. The first-order valence-corrected chi connectivity index (χ1v) is 8.73. The summed E-state index contributed by atoms with van der Waals surface area (Å²) in [6.45, 7) is 7.43. The molecule has 23 heavy (non-hydrogen) atoms. The third-order valence-electron chi connectivity index (χ3n) is 5.70. The van der Waals surface area contributed by atoms with Crippen LogP contribution in [-0.2, 0) is 19.0 Å². The molecule has 4 heteroatoms. The first-order chi connectivity index (χ1) is 10.9. The number of ether oxygens (including phenoxy) is 3. The standard InChI is InChI=1S/C19H28O4/c1-5-6-7-8-10-19-11-9-15(21-4)14(19)12-13-16(19)22-18(2,3)23-17(13)20/h5,14-15H,1,6-12H2,2-4H3/t14-,15-,19+/m1/s1. The Morgan fingerprint density at radius 1 is 1.35 bits per heavy atom. The smallest absolute Gasteiger partial charge is 0.340 e. The summed E-state index contributed by atoms with van der Waals surface area (Å²) >= 11 is 0. The van der Waals surface area contributed by atoms with Crippen LogP contribution in [0.15, 0.2) is 24.0 Å². The van der Waals surface area contributed by atoms with Crippen molar-refractivity contribution in [2.75, 3.05) is 7.11 Å². The number of carbonyl (C=O) groups excluding carboxylic acids is 1. The van der Waals surface area contributed by atoms with Gasteiger partial charge in [0.2, 0.25) is 5.79 Å². The van der Waals surface area contributed by atoms with Crippen LogP contribution in [0.2, 0.25) is 0 Å². The number of methoxy groups -OCH3 is 1. The number of unbranched alkanes of at least 4 members (excludes halogenated alkanes) is 2. The van der Waals surface area contributed by atoms with Crippen LogP contribution in [-0.4, -0.2) is 25.0 Å². The number of hydrogen-bond donors (Lipinski definition) is 0. The molecule has 3 rings (SSSR count). The van der Waals surface area contributed by atoms with Crippen molar-refractivity contribution in [1.82, 2.24) is 0 Å². The minimum absolute atomic E-state index is 0.0477. The van der Waals surface area contributed by atoms with Gasteiger partial charge in [-0.1, -0.05) is 12.5 Å². The number of rotatable bonds is 6. The highest BCUT2D eigenvalue weighted by molar-refractivity contribution is 5.91. The third kappa shape index (κ3) is 2.71. The number of esters is 1. The van der Waals surface area contributed by atoms with Gasteiger partial charge in [-0.05, 0) is 38.5 Å². The van der Waals surface area contributed by atoms with E-state index in [9.17, 15) is 4.79 Å². The Bertz CT molecular complexity index is 533. The molecular formula is C19H28O4. The van der Waals surface area contributed by atoms with Crippen LogP contribution >= 0.6 is 0 Å². The number of allylic oxidation sites excluding steroid dienone is 2. The predicted octanol–water partition coefficient (Wildman–Crippen LogP) is 4.11. The molecule has 1 saturated carbocycles. The second-order valence-corrected chi connectivity index (χ2v) is 7.51. The van der Waals surface area contributed by atoms with E-state index in [1.165, 1.54) is 0 Å². The summed E-state index contributed by atoms with van der Waals surface area (Å²) in [5.74, 6) is 0.167. The summed E-state index contributed by atoms with van der Waals surface area (Å²) in [5.41, 5.74) is 0.702. The molecule has 3 aliphatic rings. The minimum atomic E-state index is -0.871. The zero-order valence-electron chi connectivity index (χ0n) is 14.5. The van der Waals surface area contributed by atoms with Crippen LogP contribution in [0.4, 0.5) is 0 Å². The Kier molecular flexibility index (Phi) is 4.30. The summed E-state index contributed by atoms with van der Waals surface area (Å²) in [6.07, 6.45) is 9.32. The summed E-state index contributed by atoms with van der Waals surface area (Å²) in [4.78, 5) is 12.4. The molecule has 0 unspecified atom stereocenters. The van der Waals surface area contributed by atoms with E-state index in [2.05, 4.69) is 6.58 Å². The highest BCUT2D eigenvalue weighted by Gasteiger charge is 2.60. The number of fused-ring (bicyclic) bond motifs is 2. The number of carbonyl (C=O) groups is 1. The fraction of sp³-hybridized carbons (Fsp3) is 0.737. The van der Waals surface area contributed by atoms with Crippen molar-refractivity contribution in [3.8, 4) is 0 Å². The quantitative estimate of drug-likeness (QED) is 0.420. The lowest BCUT2D eigenvalue weighted by atomic mass is 9.74. The summed E-state index contributed by atoms with van der Waals surface area (Å²) < 4.78 is 17.4. The van der Waals surface area contributed by atoms with E-state index in [0.717, 1.165) is 56.3 Å². The Hall–Kier alpha value is -1.29. The van der Waals surface area contributed by atoms with Gasteiger partial charge in [0.25, 0.3) is 0 Å². The number of cyclic esters (lactones) is 1. The van der Waals surface area contributed by atoms with Crippen LogP contribution in [0.1, 0.15) is 58.8 Å². The van der Waals surface area contributed by atoms with Gasteiger partial charge < -0.3 is 14.2 Å². The Morgan fingerprint density at radius 3 is 2.83 bits per heavy atom. The maximum Gasteiger partial charge on any atom is 0.340 e. The molecule has 0 bridgehead atoms. The average Bonchev–Trinajstić information content (AvgIpc) is 2.98. The van der Waals surface area contributed by atoms with Crippen LogP contribution in [0.5, 0.6) is 0 Å². The SMILES string of the molecule is C=CCCCC[C@]12CC[C@@H](OC)[C@H]1CC1=C2OC(C)(C)OC1=O. The fourth-order valence-electron chi connectivity index (χ4n) is 4.69. The maximum atomic E-state index is 12.4. The van der Waals surface area contributed by atoms with Crippen molar-refractivity contribution in [2.24, 2.45) is 11.3 Å². The molecule has 1 aliphatic heterocycles. The molecule has 1 fully saturated rings. The Balaban J connectivity index is 1.90. The lowest BCUT2D eigenvalue weighted by Gasteiger charge is -2.39. The second-order valence-electron chi connectivity index (χ2n) is 7.51. The third-order valence-corrected chi connectivity index (χ3v) is 5.70. The van der Waals surface area contributed by atoms with E-state index in [-0.39, 0.29) is 17.5 Å². The van der Waals surface area contributed by atoms with Crippen LogP contribution in [0.25, 0.3) is 0 Å². The lowest BCUT2D eigenvalue weighted by molar-refractivity contribution is -0.213. The fourth-order valence-corrected chi connectivity index (χ4v) is 4.69. The van der Waals surface area contributed by atoms with Gasteiger partial charge >= 0.3 is 5.97 Å². The van der Waals surface area contributed by atoms with Crippen LogP contribution < -0.4 is 0 Å². The molecule has 4 nitrogen and oxygen atoms in total. The van der Waals surface area contributed by atoms with Gasteiger partial charge in [0.15, 0.2) is 0 Å². The van der Waals surface area contributed by atoms with Crippen molar-refractivity contribution < 1.29 is 19.0 Å². The molecule has 1 heterocycles. The zero-order chi connectivity index (χ0) is 16.7. The molecular weight excluding hydrogens is 292 g/mol. The maximum absolute atomic E-state index is 12.4. The molecule has 0 aromatic rings. The van der Waals surface area contributed by atoms with Gasteiger partial charge in [0.05, 0.1) is 11.7 Å². The zero-order valence-corrected chi connectivity index (χ0v) is 14.5. The van der Waals surface area contributed by atoms with Crippen LogP contribution in [0.3, 0.4) is 0 Å². The van der Waals surface area contributed by atoms with E-state index in [0.29, 0.717) is 5.92 Å². The highest BCUT2D eigenvalue weighted by atomic mass is 16.7. The highest BCUT2D eigenvalue weighted by Crippen LogP contribution is 2.62. The van der Waals surface area contributed by atoms with Gasteiger partial charge in [-0.25, -0.2) is 4.79 Å². The monoisotopic (exact) mass is 320 g/mol. The molecule has 128 valence electrons. The van der Waals surface area contributed by atoms with Gasteiger partial charge in [0.1, 0.15) is 5.76 Å². The molecule has 0 N–H and O–H groups in total. The van der Waals surface area contributed by atoms with E-state index in [1.807, 2.05) is 19.9 Å². The molecule has 0 spiro atoms. The van der Waals surface area contributed by atoms with Gasteiger partial charge in [0, 0.05) is 32.3 Å². The minimum Gasteiger partial charge on any atom is -0.456 e. The van der Waals surface area contributed by atoms with E-state index < -0.39 is 5.79 Å². The largest absolute Gasteiger partial charge is 0.456 e. The summed E-state index contributed by atoms with van der Waals surface area (Å²) in [6, 6.07) is 0. The first kappa shape index (κ1) is 16.6. The van der Waals surface area contributed by atoms with Crippen molar-refractivity contribution in [3.63, 3.8) is 0 Å². The van der Waals surface area contributed by atoms with Crippen molar-refractivity contribution in [2.45, 2.75) is 70.7 Å². The van der Waals surface area contributed by atoms with Crippen LogP contribution in [0, 0.1) is 11.3 Å². The topological polar surface area (TPSA) is 44.8 Å². The Labute approximate surface area is 138 Å². The molecule has 0 aromatic carbocycles. The van der Waals surface area contributed by atoms with Crippen molar-refractivity contribution in [1.29, 1.82) is 0 Å². The van der Waals surface area contributed by atoms with Gasteiger partial charge in [-0.2, -0.15) is 0 Å². The molecule has 0 saturated heterocycles. The molecule has 0 aromatic heterocycles. The van der Waals surface area contributed by atoms with Crippen molar-refractivity contribution in [3.05, 3.63) is 24.0 Å².